The van der Waals surface area contributed by atoms with E-state index in [1.807, 2.05) is 24.3 Å². The number of halogens is 1. The first-order valence-corrected chi connectivity index (χ1v) is 11.0. The van der Waals surface area contributed by atoms with Crippen LogP contribution in [-0.4, -0.2) is 35.1 Å². The molecular formula is C24H29ClO4. The van der Waals surface area contributed by atoms with Crippen LogP contribution in [-0.2, 0) is 11.2 Å². The Hall–Kier alpha value is -1.59. The summed E-state index contributed by atoms with van der Waals surface area (Å²) in [6, 6.07) is 14.2. The van der Waals surface area contributed by atoms with Crippen molar-refractivity contribution < 1.29 is 19.7 Å². The molecule has 156 valence electrons. The van der Waals surface area contributed by atoms with E-state index in [9.17, 15) is 10.2 Å². The predicted molar refractivity (Wildman–Crippen MR) is 114 cm³/mol. The van der Waals surface area contributed by atoms with E-state index >= 15 is 0 Å². The smallest absolute Gasteiger partial charge is 0.119 e. The van der Waals surface area contributed by atoms with Crippen molar-refractivity contribution in [1.82, 2.24) is 0 Å². The lowest BCUT2D eigenvalue weighted by atomic mass is 9.94. The fourth-order valence-electron chi connectivity index (χ4n) is 4.36. The van der Waals surface area contributed by atoms with Gasteiger partial charge < -0.3 is 19.7 Å². The molecule has 1 aliphatic heterocycles. The van der Waals surface area contributed by atoms with Crippen molar-refractivity contribution in [2.24, 2.45) is 0 Å². The molecule has 5 heteroatoms. The van der Waals surface area contributed by atoms with Crippen LogP contribution in [0.2, 0.25) is 5.02 Å². The van der Waals surface area contributed by atoms with Crippen LogP contribution in [0.25, 0.3) is 0 Å². The Bertz CT molecular complexity index is 801. The molecule has 2 aromatic rings. The van der Waals surface area contributed by atoms with Crippen molar-refractivity contribution in [3.8, 4) is 5.75 Å². The van der Waals surface area contributed by atoms with Gasteiger partial charge in [-0.3, -0.25) is 0 Å². The Morgan fingerprint density at radius 1 is 1.03 bits per heavy atom. The van der Waals surface area contributed by atoms with Gasteiger partial charge >= 0.3 is 0 Å². The maximum Gasteiger partial charge on any atom is 0.119 e. The van der Waals surface area contributed by atoms with Crippen molar-refractivity contribution >= 4 is 11.6 Å². The highest BCUT2D eigenvalue weighted by atomic mass is 35.5. The summed E-state index contributed by atoms with van der Waals surface area (Å²) in [5.41, 5.74) is 3.18. The van der Waals surface area contributed by atoms with Gasteiger partial charge in [0.1, 0.15) is 5.75 Å². The fourth-order valence-corrected chi connectivity index (χ4v) is 4.54. The third-order valence-corrected chi connectivity index (χ3v) is 6.31. The van der Waals surface area contributed by atoms with Crippen LogP contribution in [0.3, 0.4) is 0 Å². The number of benzene rings is 2. The Balaban J connectivity index is 1.45. The Kier molecular flexibility index (Phi) is 6.76. The van der Waals surface area contributed by atoms with Crippen LogP contribution >= 0.6 is 11.6 Å². The zero-order valence-corrected chi connectivity index (χ0v) is 17.4. The topological polar surface area (TPSA) is 58.9 Å². The highest BCUT2D eigenvalue weighted by Crippen LogP contribution is 2.34. The Morgan fingerprint density at radius 3 is 2.52 bits per heavy atom. The van der Waals surface area contributed by atoms with Gasteiger partial charge in [-0.15, -0.1) is 0 Å². The van der Waals surface area contributed by atoms with Gasteiger partial charge in [0.25, 0.3) is 0 Å². The molecule has 0 spiro atoms. The third-order valence-electron chi connectivity index (χ3n) is 5.95. The molecule has 2 aromatic carbocycles. The van der Waals surface area contributed by atoms with Crippen LogP contribution in [0.5, 0.6) is 5.75 Å². The average molecular weight is 417 g/mol. The maximum atomic E-state index is 10.1. The molecule has 2 fully saturated rings. The summed E-state index contributed by atoms with van der Waals surface area (Å²) in [6.45, 7) is -0.0801. The second-order valence-corrected chi connectivity index (χ2v) is 8.66. The van der Waals surface area contributed by atoms with E-state index in [4.69, 9.17) is 21.1 Å². The highest BCUT2D eigenvalue weighted by Gasteiger charge is 2.29. The Morgan fingerprint density at radius 2 is 1.79 bits per heavy atom. The second kappa shape index (κ2) is 9.48. The minimum Gasteiger partial charge on any atom is -0.490 e. The average Bonchev–Trinajstić information content (AvgIpc) is 3.23. The van der Waals surface area contributed by atoms with Crippen molar-refractivity contribution in [3.05, 3.63) is 64.2 Å². The molecule has 4 rings (SSSR count). The highest BCUT2D eigenvalue weighted by molar-refractivity contribution is 6.31. The van der Waals surface area contributed by atoms with E-state index in [2.05, 4.69) is 18.2 Å². The van der Waals surface area contributed by atoms with Gasteiger partial charge in [0.05, 0.1) is 31.0 Å². The Labute approximate surface area is 177 Å². The van der Waals surface area contributed by atoms with Gasteiger partial charge in [-0.2, -0.15) is 0 Å². The van der Waals surface area contributed by atoms with Gasteiger partial charge in [0.2, 0.25) is 0 Å². The van der Waals surface area contributed by atoms with Gasteiger partial charge in [0.15, 0.2) is 0 Å². The number of aliphatic hydroxyl groups is 2. The summed E-state index contributed by atoms with van der Waals surface area (Å²) in [4.78, 5) is 0. The van der Waals surface area contributed by atoms with E-state index < -0.39 is 6.10 Å². The lowest BCUT2D eigenvalue weighted by Gasteiger charge is -2.32. The van der Waals surface area contributed by atoms with E-state index in [1.54, 1.807) is 0 Å². The predicted octanol–water partition coefficient (Wildman–Crippen LogP) is 4.83. The quantitative estimate of drug-likeness (QED) is 0.708. The van der Waals surface area contributed by atoms with Gasteiger partial charge in [-0.05, 0) is 67.0 Å². The van der Waals surface area contributed by atoms with Gasteiger partial charge in [-0.1, -0.05) is 35.9 Å². The molecule has 1 heterocycles. The standard InChI is InChI=1S/C24H29ClO4/c25-23-10-7-17(24-14-19(27)13-22(15-26)29-24)12-18(23)11-16-5-8-21(9-6-16)28-20-3-1-2-4-20/h5-10,12,19-20,22,24,26-27H,1-4,11,13-15H2/t19-,22-,24+/m0/s1. The number of hydrogen-bond donors (Lipinski definition) is 2. The molecule has 0 unspecified atom stereocenters. The first kappa shape index (κ1) is 20.7. The lowest BCUT2D eigenvalue weighted by molar-refractivity contribution is -0.113. The summed E-state index contributed by atoms with van der Waals surface area (Å²) in [6.07, 6.45) is 5.90. The minimum absolute atomic E-state index is 0.0801. The number of hydrogen-bond acceptors (Lipinski definition) is 4. The molecule has 1 saturated carbocycles. The number of aliphatic hydroxyl groups excluding tert-OH is 2. The summed E-state index contributed by atoms with van der Waals surface area (Å²) >= 11 is 6.46. The molecule has 0 amide bonds. The molecule has 0 radical (unpaired) electrons. The van der Waals surface area contributed by atoms with Crippen LogP contribution in [0.1, 0.15) is 61.3 Å². The summed E-state index contributed by atoms with van der Waals surface area (Å²) in [5, 5.41) is 20.2. The van der Waals surface area contributed by atoms with E-state index in [0.717, 1.165) is 41.2 Å². The molecule has 3 atom stereocenters. The maximum absolute atomic E-state index is 10.1. The molecule has 4 nitrogen and oxygen atoms in total. The van der Waals surface area contributed by atoms with Crippen LogP contribution in [0.4, 0.5) is 0 Å². The first-order valence-electron chi connectivity index (χ1n) is 10.6. The van der Waals surface area contributed by atoms with E-state index in [0.29, 0.717) is 18.9 Å². The molecule has 0 aromatic heterocycles. The van der Waals surface area contributed by atoms with E-state index in [1.165, 1.54) is 18.4 Å². The van der Waals surface area contributed by atoms with Crippen molar-refractivity contribution in [1.29, 1.82) is 0 Å². The molecular weight excluding hydrogens is 388 g/mol. The monoisotopic (exact) mass is 416 g/mol. The van der Waals surface area contributed by atoms with Crippen LogP contribution < -0.4 is 4.74 Å². The number of ether oxygens (including phenoxy) is 2. The summed E-state index contributed by atoms with van der Waals surface area (Å²) in [5.74, 6) is 0.931. The second-order valence-electron chi connectivity index (χ2n) is 8.25. The summed E-state index contributed by atoms with van der Waals surface area (Å²) in [7, 11) is 0. The van der Waals surface area contributed by atoms with E-state index in [-0.39, 0.29) is 18.8 Å². The molecule has 2 aliphatic rings. The zero-order chi connectivity index (χ0) is 20.2. The van der Waals surface area contributed by atoms with Gasteiger partial charge in [0, 0.05) is 17.9 Å². The largest absolute Gasteiger partial charge is 0.490 e. The summed E-state index contributed by atoms with van der Waals surface area (Å²) < 4.78 is 12.0. The fraction of sp³-hybridized carbons (Fsp3) is 0.500. The van der Waals surface area contributed by atoms with Crippen LogP contribution in [0, 0.1) is 0 Å². The normalized spacial score (nSPS) is 25.3. The third kappa shape index (κ3) is 5.32. The molecule has 29 heavy (non-hydrogen) atoms. The lowest BCUT2D eigenvalue weighted by Crippen LogP contribution is -2.33. The molecule has 0 bridgehead atoms. The van der Waals surface area contributed by atoms with Crippen molar-refractivity contribution in [2.45, 2.75) is 69.4 Å². The first-order chi connectivity index (χ1) is 14.1. The van der Waals surface area contributed by atoms with Gasteiger partial charge in [-0.25, -0.2) is 0 Å². The molecule has 2 N–H and O–H groups in total. The van der Waals surface area contributed by atoms with Crippen molar-refractivity contribution in [3.63, 3.8) is 0 Å². The van der Waals surface area contributed by atoms with Crippen molar-refractivity contribution in [2.75, 3.05) is 6.61 Å². The minimum atomic E-state index is -0.461. The molecule has 1 saturated heterocycles. The van der Waals surface area contributed by atoms with Crippen LogP contribution in [0.15, 0.2) is 42.5 Å². The number of rotatable bonds is 6. The molecule has 1 aliphatic carbocycles. The SMILES string of the molecule is OC[C@@H]1C[C@H](O)C[C@H](c2ccc(Cl)c(Cc3ccc(OC4CCCC4)cc3)c2)O1. The zero-order valence-electron chi connectivity index (χ0n) is 16.6.